The Morgan fingerprint density at radius 3 is 2.30 bits per heavy atom. The second-order valence-corrected chi connectivity index (χ2v) is 6.70. The Morgan fingerprint density at radius 1 is 0.913 bits per heavy atom. The zero-order chi connectivity index (χ0) is 15.0. The van der Waals surface area contributed by atoms with Gasteiger partial charge in [0.2, 0.25) is 0 Å². The van der Waals surface area contributed by atoms with Crippen molar-refractivity contribution in [3.63, 3.8) is 0 Å². The van der Waals surface area contributed by atoms with Crippen molar-refractivity contribution >= 4 is 54.3 Å². The highest BCUT2D eigenvalue weighted by molar-refractivity contribution is 9.11. The van der Waals surface area contributed by atoms with Gasteiger partial charge in [-0.15, -0.1) is 0 Å². The lowest BCUT2D eigenvalue weighted by molar-refractivity contribution is 0.823. The van der Waals surface area contributed by atoms with Crippen LogP contribution in [-0.4, -0.2) is 20.9 Å². The van der Waals surface area contributed by atoms with Crippen molar-refractivity contribution in [3.8, 4) is 0 Å². The molecule has 5 nitrogen and oxygen atoms in total. The molecule has 0 aliphatic rings. The van der Waals surface area contributed by atoms with Gasteiger partial charge in [-0.1, -0.05) is 15.9 Å². The predicted molar refractivity (Wildman–Crippen MR) is 101 cm³/mol. The number of anilines is 2. The van der Waals surface area contributed by atoms with Crippen LogP contribution in [0.15, 0.2) is 45.6 Å². The maximum atomic E-state index is 4.38. The van der Waals surface area contributed by atoms with Crippen molar-refractivity contribution in [3.05, 3.63) is 56.7 Å². The van der Waals surface area contributed by atoms with E-state index in [0.717, 1.165) is 31.4 Å². The summed E-state index contributed by atoms with van der Waals surface area (Å²) in [6, 6.07) is 10.2. The number of halogens is 2. The molecule has 0 bridgehead atoms. The average Bonchev–Trinajstić information content (AvgIpc) is 2.44. The highest BCUT2D eigenvalue weighted by Gasteiger charge is 2.08. The Balaban J connectivity index is 0.00000132. The lowest BCUT2D eigenvalue weighted by Gasteiger charge is -2.11. The van der Waals surface area contributed by atoms with Gasteiger partial charge >= 0.3 is 0 Å². The summed E-state index contributed by atoms with van der Waals surface area (Å²) in [5.74, 6) is 0.811. The number of aryl methyl sites for hydroxylation is 2. The highest BCUT2D eigenvalue weighted by atomic mass is 79.9. The van der Waals surface area contributed by atoms with Gasteiger partial charge in [-0.25, -0.2) is 9.97 Å². The zero-order valence-electron chi connectivity index (χ0n) is 12.6. The summed E-state index contributed by atoms with van der Waals surface area (Å²) in [5.41, 5.74) is 4.38. The summed E-state index contributed by atoms with van der Waals surface area (Å²) < 4.78 is 2.01. The molecule has 3 rings (SSSR count). The minimum Gasteiger partial charge on any atom is -0.412 e. The largest absolute Gasteiger partial charge is 0.412 e. The first-order valence-corrected chi connectivity index (χ1v) is 8.07. The van der Waals surface area contributed by atoms with Crippen molar-refractivity contribution in [1.29, 1.82) is 0 Å². The van der Waals surface area contributed by atoms with Crippen LogP contribution in [0.25, 0.3) is 10.9 Å². The Labute approximate surface area is 151 Å². The lowest BCUT2D eigenvalue weighted by Crippen LogP contribution is -1.97. The number of hydrogen-bond acceptors (Lipinski definition) is 3. The second kappa shape index (κ2) is 7.83. The topological polar surface area (TPSA) is 101 Å². The third kappa shape index (κ3) is 4.06. The van der Waals surface area contributed by atoms with Crippen LogP contribution in [-0.2, 0) is 0 Å². The SMILES string of the molecule is Cc1cc2ncnc(Nc3ccc(Br)cc3Br)c2cc1C.O.O. The molecular formula is C16H17Br2N3O2. The normalized spacial score (nSPS) is 9.91. The van der Waals surface area contributed by atoms with Crippen molar-refractivity contribution in [2.75, 3.05) is 5.32 Å². The van der Waals surface area contributed by atoms with Gasteiger partial charge in [0.05, 0.1) is 11.2 Å². The maximum absolute atomic E-state index is 4.38. The molecule has 122 valence electrons. The van der Waals surface area contributed by atoms with E-state index in [2.05, 4.69) is 73.1 Å². The lowest BCUT2D eigenvalue weighted by atomic mass is 10.1. The minimum absolute atomic E-state index is 0. The van der Waals surface area contributed by atoms with Crippen molar-refractivity contribution in [2.45, 2.75) is 13.8 Å². The summed E-state index contributed by atoms with van der Waals surface area (Å²) in [6.07, 6.45) is 1.59. The summed E-state index contributed by atoms with van der Waals surface area (Å²) in [5, 5.41) is 4.39. The summed E-state index contributed by atoms with van der Waals surface area (Å²) in [4.78, 5) is 8.73. The number of aromatic nitrogens is 2. The molecular weight excluding hydrogens is 426 g/mol. The third-order valence-corrected chi connectivity index (χ3v) is 4.58. The summed E-state index contributed by atoms with van der Waals surface area (Å²) in [6.45, 7) is 4.19. The second-order valence-electron chi connectivity index (χ2n) is 4.93. The van der Waals surface area contributed by atoms with E-state index >= 15 is 0 Å². The molecule has 3 aromatic rings. The standard InChI is InChI=1S/C16H13Br2N3.2H2O/c1-9-5-12-15(6-10(9)2)19-8-20-16(12)21-14-4-3-11(17)7-13(14)18;;/h3-8H,1-2H3,(H,19,20,21);2*1H2. The number of nitrogens with one attached hydrogen (secondary N) is 1. The average molecular weight is 443 g/mol. The number of fused-ring (bicyclic) bond motifs is 1. The molecule has 2 aromatic carbocycles. The molecule has 0 atom stereocenters. The number of nitrogens with zero attached hydrogens (tertiary/aromatic N) is 2. The highest BCUT2D eigenvalue weighted by Crippen LogP contribution is 2.31. The van der Waals surface area contributed by atoms with Crippen molar-refractivity contribution in [2.24, 2.45) is 0 Å². The number of hydrogen-bond donors (Lipinski definition) is 1. The Morgan fingerprint density at radius 2 is 1.61 bits per heavy atom. The minimum atomic E-state index is 0. The van der Waals surface area contributed by atoms with Gasteiger partial charge in [-0.3, -0.25) is 0 Å². The van der Waals surface area contributed by atoms with Gasteiger partial charge in [0.15, 0.2) is 0 Å². The van der Waals surface area contributed by atoms with Gasteiger partial charge in [0.25, 0.3) is 0 Å². The number of benzene rings is 2. The van der Waals surface area contributed by atoms with Crippen molar-refractivity contribution < 1.29 is 11.0 Å². The summed E-state index contributed by atoms with van der Waals surface area (Å²) in [7, 11) is 0. The van der Waals surface area contributed by atoms with Gasteiger partial charge in [0.1, 0.15) is 12.1 Å². The molecule has 5 N–H and O–H groups in total. The smallest absolute Gasteiger partial charge is 0.141 e. The molecule has 7 heteroatoms. The van der Waals surface area contributed by atoms with Gasteiger partial charge in [-0.05, 0) is 71.2 Å². The first kappa shape index (κ1) is 19.5. The van der Waals surface area contributed by atoms with Crippen LogP contribution in [0.3, 0.4) is 0 Å². The van der Waals surface area contributed by atoms with Gasteiger partial charge < -0.3 is 16.3 Å². The fourth-order valence-corrected chi connectivity index (χ4v) is 3.28. The van der Waals surface area contributed by atoms with Crippen LogP contribution in [0.1, 0.15) is 11.1 Å². The zero-order valence-corrected chi connectivity index (χ0v) is 15.8. The summed E-state index contributed by atoms with van der Waals surface area (Å²) >= 11 is 7.01. The Kier molecular flexibility index (Phi) is 6.64. The molecule has 0 saturated carbocycles. The van der Waals surface area contributed by atoms with E-state index in [1.807, 2.05) is 18.2 Å². The predicted octanol–water partition coefficient (Wildman–Crippen LogP) is 3.87. The first-order chi connectivity index (χ1) is 10.0. The molecule has 0 fully saturated rings. The molecule has 0 aliphatic heterocycles. The number of rotatable bonds is 2. The van der Waals surface area contributed by atoms with Crippen LogP contribution in [0, 0.1) is 13.8 Å². The van der Waals surface area contributed by atoms with E-state index in [1.165, 1.54) is 11.1 Å². The van der Waals surface area contributed by atoms with Gasteiger partial charge in [0, 0.05) is 14.3 Å². The van der Waals surface area contributed by atoms with E-state index in [4.69, 9.17) is 0 Å². The van der Waals surface area contributed by atoms with Gasteiger partial charge in [-0.2, -0.15) is 0 Å². The van der Waals surface area contributed by atoms with E-state index in [0.29, 0.717) is 0 Å². The Bertz CT molecular complexity index is 841. The van der Waals surface area contributed by atoms with E-state index in [9.17, 15) is 0 Å². The third-order valence-electron chi connectivity index (χ3n) is 3.44. The van der Waals surface area contributed by atoms with Crippen LogP contribution in [0.2, 0.25) is 0 Å². The van der Waals surface area contributed by atoms with E-state index < -0.39 is 0 Å². The Hall–Kier alpha value is -1.54. The molecule has 23 heavy (non-hydrogen) atoms. The molecule has 0 radical (unpaired) electrons. The quantitative estimate of drug-likeness (QED) is 0.651. The van der Waals surface area contributed by atoms with E-state index in [1.54, 1.807) is 6.33 Å². The molecule has 0 amide bonds. The van der Waals surface area contributed by atoms with Crippen LogP contribution >= 0.6 is 31.9 Å². The maximum Gasteiger partial charge on any atom is 0.141 e. The molecule has 1 heterocycles. The van der Waals surface area contributed by atoms with E-state index in [-0.39, 0.29) is 11.0 Å². The monoisotopic (exact) mass is 441 g/mol. The molecule has 0 unspecified atom stereocenters. The first-order valence-electron chi connectivity index (χ1n) is 6.48. The molecule has 0 saturated heterocycles. The van der Waals surface area contributed by atoms with Crippen LogP contribution < -0.4 is 5.32 Å². The molecule has 0 aliphatic carbocycles. The van der Waals surface area contributed by atoms with Crippen molar-refractivity contribution in [1.82, 2.24) is 9.97 Å². The molecule has 1 aromatic heterocycles. The fourth-order valence-electron chi connectivity index (χ4n) is 2.13. The van der Waals surface area contributed by atoms with Crippen LogP contribution in [0.5, 0.6) is 0 Å². The molecule has 0 spiro atoms. The van der Waals surface area contributed by atoms with Crippen LogP contribution in [0.4, 0.5) is 11.5 Å². The fraction of sp³-hybridized carbons (Fsp3) is 0.125.